The second kappa shape index (κ2) is 10.7. The Bertz CT molecular complexity index is 1140. The molecule has 1 aliphatic heterocycles. The van der Waals surface area contributed by atoms with Gasteiger partial charge in [-0.05, 0) is 6.07 Å². The third-order valence-electron chi connectivity index (χ3n) is 4.53. The summed E-state index contributed by atoms with van der Waals surface area (Å²) in [5, 5.41) is 55.2. The van der Waals surface area contributed by atoms with Gasteiger partial charge in [0.1, 0.15) is 6.07 Å². The minimum absolute atomic E-state index is 0.0322. The van der Waals surface area contributed by atoms with Crippen molar-refractivity contribution in [1.29, 1.82) is 0 Å². The number of hydrogen-bond acceptors (Lipinski definition) is 13. The van der Waals surface area contributed by atoms with Crippen LogP contribution < -0.4 is 14.6 Å². The van der Waals surface area contributed by atoms with Crippen molar-refractivity contribution in [2.75, 3.05) is 45.2 Å². The summed E-state index contributed by atoms with van der Waals surface area (Å²) in [5.41, 5.74) is -1.72. The van der Waals surface area contributed by atoms with Crippen LogP contribution in [0, 0.1) is 30.6 Å². The van der Waals surface area contributed by atoms with Crippen LogP contribution in [0.1, 0.15) is 0 Å². The van der Waals surface area contributed by atoms with Crippen molar-refractivity contribution in [3.8, 4) is 11.5 Å². The van der Waals surface area contributed by atoms with Gasteiger partial charge in [0.15, 0.2) is 0 Å². The number of nitro groups is 2. The second-order valence-electron chi connectivity index (χ2n) is 6.99. The lowest BCUT2D eigenvalue weighted by Gasteiger charge is -2.31. The van der Waals surface area contributed by atoms with E-state index >= 15 is 0 Å². The summed E-state index contributed by atoms with van der Waals surface area (Å²) in [5.74, 6) is -0.796. The summed E-state index contributed by atoms with van der Waals surface area (Å²) < 4.78 is 0. The predicted molar refractivity (Wildman–Crippen MR) is 113 cm³/mol. The number of piperazine rings is 1. The van der Waals surface area contributed by atoms with E-state index in [1.807, 2.05) is 4.90 Å². The van der Waals surface area contributed by atoms with Crippen LogP contribution in [-0.4, -0.2) is 80.0 Å². The zero-order chi connectivity index (χ0) is 25.5. The minimum atomic E-state index is -0.973. The Hall–Kier alpha value is -5.10. The first kappa shape index (κ1) is 24.5. The normalized spacial score (nSPS) is 14.5. The molecule has 0 unspecified atom stereocenters. The van der Waals surface area contributed by atoms with Crippen molar-refractivity contribution < 1.29 is 29.5 Å². The first-order chi connectivity index (χ1) is 16.7. The number of hydrazine groups is 2. The molecule has 35 heavy (non-hydrogen) atoms. The van der Waals surface area contributed by atoms with Crippen molar-refractivity contribution in [1.82, 2.24) is 20.0 Å². The molecule has 0 spiro atoms. The van der Waals surface area contributed by atoms with E-state index in [0.717, 1.165) is 11.1 Å². The Morgan fingerprint density at radius 1 is 0.886 bits per heavy atom. The van der Waals surface area contributed by atoms with E-state index in [4.69, 9.17) is 9.68 Å². The summed E-state index contributed by atoms with van der Waals surface area (Å²) in [4.78, 5) is 40.6. The quantitative estimate of drug-likeness (QED) is 0.206. The number of nitrogens with zero attached hydrogens (tertiary/aromatic N) is 11. The van der Waals surface area contributed by atoms with Crippen molar-refractivity contribution in [3.63, 3.8) is 0 Å². The van der Waals surface area contributed by atoms with Gasteiger partial charge < -0.3 is 15.3 Å². The van der Waals surface area contributed by atoms with E-state index in [1.165, 1.54) is 19.1 Å². The molecule has 0 N–H and O–H groups in total. The molecule has 1 aliphatic rings. The monoisotopic (exact) mass is 493 g/mol. The maximum Gasteiger partial charge on any atom is 0.321 e. The highest BCUT2D eigenvalue weighted by molar-refractivity contribution is 5.61. The van der Waals surface area contributed by atoms with E-state index < -0.39 is 32.7 Å². The van der Waals surface area contributed by atoms with Crippen molar-refractivity contribution in [2.24, 2.45) is 10.6 Å². The van der Waals surface area contributed by atoms with Crippen molar-refractivity contribution in [2.45, 2.75) is 0 Å². The molecule has 186 valence electrons. The van der Waals surface area contributed by atoms with E-state index in [1.54, 1.807) is 18.5 Å². The molecular formula is C16H19N11O8. The van der Waals surface area contributed by atoms with Crippen LogP contribution in [0.2, 0.25) is 0 Å². The van der Waals surface area contributed by atoms with Crippen LogP contribution in [0.4, 0.5) is 17.3 Å². The number of anilines is 1. The van der Waals surface area contributed by atoms with Crippen LogP contribution >= 0.6 is 0 Å². The summed E-state index contributed by atoms with van der Waals surface area (Å²) in [7, 11) is 2.65. The molecular weight excluding hydrogens is 474 g/mol. The molecule has 1 aromatic carbocycles. The molecule has 2 aromatic rings. The number of rotatable bonds is 9. The molecule has 3 rings (SSSR count). The lowest BCUT2D eigenvalue weighted by atomic mass is 10.2. The third-order valence-corrected chi connectivity index (χ3v) is 4.53. The number of benzene rings is 1. The average molecular weight is 493 g/mol. The zero-order valence-electron chi connectivity index (χ0n) is 18.4. The fraction of sp³-hybridized carbons (Fsp3) is 0.375. The molecule has 0 aliphatic carbocycles. The van der Waals surface area contributed by atoms with E-state index in [0.29, 0.717) is 25.1 Å². The zero-order valence-corrected chi connectivity index (χ0v) is 18.4. The number of nitro benzene ring substituents is 2. The highest BCUT2D eigenvalue weighted by atomic mass is 16.7. The van der Waals surface area contributed by atoms with Gasteiger partial charge in [-0.1, -0.05) is 0 Å². The van der Waals surface area contributed by atoms with Gasteiger partial charge in [0, 0.05) is 31.5 Å². The Kier molecular flexibility index (Phi) is 7.49. The van der Waals surface area contributed by atoms with Gasteiger partial charge in [-0.25, -0.2) is 9.97 Å². The fourth-order valence-corrected chi connectivity index (χ4v) is 2.77. The maximum absolute atomic E-state index is 12.4. The van der Waals surface area contributed by atoms with Crippen LogP contribution in [0.5, 0.6) is 11.5 Å². The van der Waals surface area contributed by atoms with Gasteiger partial charge in [0.2, 0.25) is 28.0 Å². The number of aromatic nitrogens is 2. The minimum Gasteiger partial charge on any atom is -0.569 e. The van der Waals surface area contributed by atoms with Crippen LogP contribution in [-0.2, 0) is 0 Å². The third kappa shape index (κ3) is 6.03. The largest absolute Gasteiger partial charge is 0.569 e. The van der Waals surface area contributed by atoms with Crippen LogP contribution in [0.3, 0.4) is 0 Å². The topological polar surface area (TPSA) is 217 Å². The summed E-state index contributed by atoms with van der Waals surface area (Å²) >= 11 is 0. The lowest BCUT2D eigenvalue weighted by molar-refractivity contribution is -0.707. The molecule has 0 bridgehead atoms. The molecule has 0 radical (unpaired) electrons. The smallest absolute Gasteiger partial charge is 0.321 e. The Labute approximate surface area is 196 Å². The Balaban J connectivity index is 1.79. The lowest BCUT2D eigenvalue weighted by Crippen LogP contribution is -2.49. The van der Waals surface area contributed by atoms with Gasteiger partial charge in [-0.2, -0.15) is 5.01 Å². The standard InChI is InChI=1S/C16H19N11O8/c1-21(2)26(32)19-34-14-11-15(13(25(30)31)10-12(14)24(28)29)35-20-27(33)23-8-6-22(7-9-23)16-17-4-3-5-18-16/h3-5,10-11H,6-9H2,1-2H3/b26-19-,27-20?. The molecule has 19 heteroatoms. The first-order valence-electron chi connectivity index (χ1n) is 9.78. The molecule has 19 nitrogen and oxygen atoms in total. The summed E-state index contributed by atoms with van der Waals surface area (Å²) in [6, 6.07) is 2.94. The van der Waals surface area contributed by atoms with Gasteiger partial charge >= 0.3 is 11.4 Å². The van der Waals surface area contributed by atoms with E-state index in [2.05, 4.69) is 20.5 Å². The summed E-state index contributed by atoms with van der Waals surface area (Å²) in [6.07, 6.45) is 3.19. The van der Waals surface area contributed by atoms with Gasteiger partial charge in [-0.3, -0.25) is 29.9 Å². The van der Waals surface area contributed by atoms with E-state index in [9.17, 15) is 30.6 Å². The van der Waals surface area contributed by atoms with Gasteiger partial charge in [-0.15, -0.1) is 5.01 Å². The summed E-state index contributed by atoms with van der Waals surface area (Å²) in [6.45, 7) is 1.22. The molecule has 1 fully saturated rings. The average Bonchev–Trinajstić information content (AvgIpc) is 2.85. The van der Waals surface area contributed by atoms with Gasteiger partial charge in [0.25, 0.3) is 0 Å². The van der Waals surface area contributed by atoms with Crippen molar-refractivity contribution in [3.05, 3.63) is 61.2 Å². The van der Waals surface area contributed by atoms with Crippen molar-refractivity contribution >= 4 is 17.3 Å². The van der Waals surface area contributed by atoms with E-state index in [-0.39, 0.29) is 23.0 Å². The molecule has 1 aromatic heterocycles. The number of hydrogen-bond donors (Lipinski definition) is 0. The Morgan fingerprint density at radius 2 is 1.43 bits per heavy atom. The molecule has 0 amide bonds. The molecule has 1 saturated heterocycles. The molecule has 2 heterocycles. The predicted octanol–water partition coefficient (Wildman–Crippen LogP) is 1.02. The highest BCUT2D eigenvalue weighted by Gasteiger charge is 2.30. The molecule has 0 atom stereocenters. The Morgan fingerprint density at radius 3 is 1.94 bits per heavy atom. The molecule has 0 saturated carbocycles. The maximum atomic E-state index is 12.4. The first-order valence-corrected chi connectivity index (χ1v) is 9.78. The van der Waals surface area contributed by atoms with Crippen LogP contribution in [0.25, 0.3) is 0 Å². The second-order valence-corrected chi connectivity index (χ2v) is 6.99. The highest BCUT2D eigenvalue weighted by Crippen LogP contribution is 2.39. The van der Waals surface area contributed by atoms with Gasteiger partial charge in [0.05, 0.1) is 47.0 Å². The van der Waals surface area contributed by atoms with Crippen LogP contribution in [0.15, 0.2) is 41.1 Å². The SMILES string of the molecule is CN(C)/[N+]([O-])=N/Oc1cc(ON=[N+]([O-])N2CCN(c3ncccn3)CC2)c([N+](=O)[O-])cc1[N+](=O)[O-]. The fourth-order valence-electron chi connectivity index (χ4n) is 2.77.